The quantitative estimate of drug-likeness (QED) is 0.163. The summed E-state index contributed by atoms with van der Waals surface area (Å²) in [6.45, 7) is 18.7. The number of fused-ring (bicyclic) bond motifs is 13. The molecule has 8 aromatic rings. The van der Waals surface area contributed by atoms with Crippen molar-refractivity contribution in [3.63, 3.8) is 0 Å². The van der Waals surface area contributed by atoms with Crippen molar-refractivity contribution >= 4 is 5.57 Å². The maximum atomic E-state index is 4.64. The Kier molecular flexibility index (Phi) is 8.30. The van der Waals surface area contributed by atoms with E-state index in [-0.39, 0.29) is 16.7 Å². The van der Waals surface area contributed by atoms with E-state index in [1.165, 1.54) is 106 Å². The van der Waals surface area contributed by atoms with Gasteiger partial charge in [-0.3, -0.25) is 0 Å². The molecular formula is C61H52. The molecule has 0 radical (unpaired) electrons. The van der Waals surface area contributed by atoms with E-state index >= 15 is 0 Å². The molecular weight excluding hydrogens is 733 g/mol. The van der Waals surface area contributed by atoms with Crippen LogP contribution in [0, 0.1) is 0 Å². The Morgan fingerprint density at radius 3 is 1.52 bits per heavy atom. The van der Waals surface area contributed by atoms with Crippen molar-refractivity contribution in [2.45, 2.75) is 70.1 Å². The topological polar surface area (TPSA) is 0 Å². The molecule has 0 N–H and O–H groups in total. The van der Waals surface area contributed by atoms with Gasteiger partial charge < -0.3 is 0 Å². The molecule has 11 rings (SSSR count). The first kappa shape index (κ1) is 37.5. The van der Waals surface area contributed by atoms with Crippen LogP contribution in [0.1, 0.15) is 109 Å². The van der Waals surface area contributed by atoms with Crippen LogP contribution >= 0.6 is 0 Å². The van der Waals surface area contributed by atoms with Gasteiger partial charge in [-0.05, 0) is 135 Å². The summed E-state index contributed by atoms with van der Waals surface area (Å²) < 4.78 is 0. The highest BCUT2D eigenvalue weighted by molar-refractivity contribution is 6.01. The highest BCUT2D eigenvalue weighted by Crippen LogP contribution is 2.64. The molecule has 0 bridgehead atoms. The summed E-state index contributed by atoms with van der Waals surface area (Å²) >= 11 is 0. The third kappa shape index (κ3) is 5.65. The smallest absolute Gasteiger partial charge is 0.0725 e. The summed E-state index contributed by atoms with van der Waals surface area (Å²) in [6, 6.07) is 67.3. The standard InChI is InChI=1S/C61H52/c1-38-45-20-13-14-22-47(45)48-29-25-41(33-52(38)48)53(34-40-19-11-12-21-46(40)39-17-9-8-10-18-39)42-26-32-56-54(35-42)49-23-15-16-24-55(49)61(56)57-36-43(59(2,3)4)27-30-50(57)51-31-28-44(37-58(51)61)60(5,6)7/h8-33,35-37,53H,1,34H2,2-7H3. The van der Waals surface area contributed by atoms with Gasteiger partial charge in [-0.1, -0.05) is 218 Å². The van der Waals surface area contributed by atoms with E-state index < -0.39 is 5.41 Å². The van der Waals surface area contributed by atoms with E-state index in [0.29, 0.717) is 0 Å². The van der Waals surface area contributed by atoms with Gasteiger partial charge >= 0.3 is 0 Å². The molecule has 296 valence electrons. The van der Waals surface area contributed by atoms with Gasteiger partial charge in [-0.2, -0.15) is 0 Å². The van der Waals surface area contributed by atoms with Crippen molar-refractivity contribution < 1.29 is 0 Å². The molecule has 0 aliphatic heterocycles. The van der Waals surface area contributed by atoms with Crippen molar-refractivity contribution in [3.8, 4) is 44.5 Å². The monoisotopic (exact) mass is 784 g/mol. The van der Waals surface area contributed by atoms with Crippen LogP contribution in [0.2, 0.25) is 0 Å². The number of rotatable bonds is 5. The van der Waals surface area contributed by atoms with Crippen molar-refractivity contribution in [2.75, 3.05) is 0 Å². The van der Waals surface area contributed by atoms with Crippen LogP contribution in [0.5, 0.6) is 0 Å². The lowest BCUT2D eigenvalue weighted by atomic mass is 9.68. The van der Waals surface area contributed by atoms with E-state index in [1.54, 1.807) is 0 Å². The minimum absolute atomic E-state index is 0.0121. The first-order chi connectivity index (χ1) is 29.4. The summed E-state index contributed by atoms with van der Waals surface area (Å²) in [5.74, 6) is 0.101. The van der Waals surface area contributed by atoms with Gasteiger partial charge in [0.25, 0.3) is 0 Å². The van der Waals surface area contributed by atoms with Crippen LogP contribution in [0.25, 0.3) is 50.1 Å². The van der Waals surface area contributed by atoms with Crippen LogP contribution in [0.3, 0.4) is 0 Å². The van der Waals surface area contributed by atoms with E-state index in [2.05, 4.69) is 224 Å². The second kappa shape index (κ2) is 13.5. The lowest BCUT2D eigenvalue weighted by Crippen LogP contribution is -2.27. The van der Waals surface area contributed by atoms with Crippen molar-refractivity contribution in [3.05, 3.63) is 244 Å². The van der Waals surface area contributed by atoms with Crippen molar-refractivity contribution in [2.24, 2.45) is 0 Å². The molecule has 1 unspecified atom stereocenters. The lowest BCUT2D eigenvalue weighted by molar-refractivity contribution is 0.586. The second-order valence-corrected chi connectivity index (χ2v) is 19.7. The zero-order valence-electron chi connectivity index (χ0n) is 36.2. The van der Waals surface area contributed by atoms with Gasteiger partial charge in [0.2, 0.25) is 0 Å². The average Bonchev–Trinajstić information content (AvgIpc) is 3.85. The third-order valence-corrected chi connectivity index (χ3v) is 14.2. The summed E-state index contributed by atoms with van der Waals surface area (Å²) in [6.07, 6.45) is 0.865. The molecule has 0 fully saturated rings. The predicted molar refractivity (Wildman–Crippen MR) is 258 cm³/mol. The van der Waals surface area contributed by atoms with Crippen LogP contribution in [-0.4, -0.2) is 0 Å². The predicted octanol–water partition coefficient (Wildman–Crippen LogP) is 15.7. The van der Waals surface area contributed by atoms with Crippen LogP contribution in [-0.2, 0) is 22.7 Å². The van der Waals surface area contributed by atoms with Crippen LogP contribution < -0.4 is 0 Å². The van der Waals surface area contributed by atoms with Gasteiger partial charge in [0.1, 0.15) is 0 Å². The van der Waals surface area contributed by atoms with Crippen molar-refractivity contribution in [1.82, 2.24) is 0 Å². The minimum Gasteiger partial charge on any atom is -0.0905 e. The number of benzene rings is 8. The number of hydrogen-bond donors (Lipinski definition) is 0. The molecule has 3 aliphatic rings. The highest BCUT2D eigenvalue weighted by atomic mass is 14.5. The molecule has 0 saturated heterocycles. The third-order valence-electron chi connectivity index (χ3n) is 14.2. The summed E-state index contributed by atoms with van der Waals surface area (Å²) in [7, 11) is 0. The molecule has 0 heteroatoms. The molecule has 3 aliphatic carbocycles. The summed E-state index contributed by atoms with van der Waals surface area (Å²) in [4.78, 5) is 0. The Morgan fingerprint density at radius 1 is 0.393 bits per heavy atom. The molecule has 1 atom stereocenters. The van der Waals surface area contributed by atoms with Gasteiger partial charge in [0.05, 0.1) is 5.41 Å². The van der Waals surface area contributed by atoms with E-state index in [9.17, 15) is 0 Å². The van der Waals surface area contributed by atoms with E-state index in [4.69, 9.17) is 0 Å². The molecule has 61 heavy (non-hydrogen) atoms. The molecule has 0 aromatic heterocycles. The van der Waals surface area contributed by atoms with Gasteiger partial charge in [-0.25, -0.2) is 0 Å². The Hall–Kier alpha value is -6.50. The second-order valence-electron chi connectivity index (χ2n) is 19.7. The zero-order valence-corrected chi connectivity index (χ0v) is 36.2. The van der Waals surface area contributed by atoms with Gasteiger partial charge in [0, 0.05) is 5.92 Å². The van der Waals surface area contributed by atoms with Crippen LogP contribution in [0.15, 0.2) is 183 Å². The Morgan fingerprint density at radius 2 is 0.869 bits per heavy atom. The van der Waals surface area contributed by atoms with E-state index in [0.717, 1.165) is 12.0 Å². The SMILES string of the molecule is C=C1c2ccccc2-c2ccc(C(Cc3ccccc3-c3ccccc3)c3ccc4c(c3)-c3ccccc3C43c4cc(C(C)(C)C)ccc4-c4ccc(C(C)(C)C)cc43)cc21. The number of hydrogen-bond acceptors (Lipinski definition) is 0. The molecule has 1 spiro atoms. The minimum atomic E-state index is -0.426. The molecule has 0 saturated carbocycles. The first-order valence-corrected chi connectivity index (χ1v) is 22.0. The van der Waals surface area contributed by atoms with Crippen LogP contribution in [0.4, 0.5) is 0 Å². The molecule has 0 nitrogen and oxygen atoms in total. The fourth-order valence-corrected chi connectivity index (χ4v) is 11.0. The van der Waals surface area contributed by atoms with E-state index in [1.807, 2.05) is 0 Å². The lowest BCUT2D eigenvalue weighted by Gasteiger charge is -2.33. The Labute approximate surface area is 362 Å². The largest absolute Gasteiger partial charge is 0.0905 e. The fourth-order valence-electron chi connectivity index (χ4n) is 11.0. The molecule has 0 amide bonds. The summed E-state index contributed by atoms with van der Waals surface area (Å²) in [5.41, 5.74) is 26.0. The highest BCUT2D eigenvalue weighted by Gasteiger charge is 2.52. The van der Waals surface area contributed by atoms with Gasteiger partial charge in [0.15, 0.2) is 0 Å². The Bertz CT molecular complexity index is 3020. The average molecular weight is 785 g/mol. The maximum absolute atomic E-state index is 4.64. The molecule has 0 heterocycles. The Balaban J connectivity index is 1.14. The maximum Gasteiger partial charge on any atom is 0.0725 e. The molecule has 8 aromatic carbocycles. The summed E-state index contributed by atoms with van der Waals surface area (Å²) in [5, 5.41) is 0. The zero-order chi connectivity index (χ0) is 41.8. The van der Waals surface area contributed by atoms with Crippen molar-refractivity contribution in [1.29, 1.82) is 0 Å². The van der Waals surface area contributed by atoms with Gasteiger partial charge in [-0.15, -0.1) is 0 Å². The first-order valence-electron chi connectivity index (χ1n) is 22.0. The fraction of sp³-hybridized carbons (Fsp3) is 0.180. The normalized spacial score (nSPS) is 14.6.